The van der Waals surface area contributed by atoms with Crippen LogP contribution in [-0.2, 0) is 60.7 Å². The fraction of sp³-hybridized carbons (Fsp3) is 0.400. The number of hydrogen-bond donors (Lipinski definition) is 0. The van der Waals surface area contributed by atoms with E-state index in [2.05, 4.69) is 12.1 Å². The summed E-state index contributed by atoms with van der Waals surface area (Å²) in [6, 6.07) is 12.1. The number of pyridine rings is 2. The molecule has 3 aliphatic rings. The Morgan fingerprint density at radius 1 is 0.667 bits per heavy atom. The lowest BCUT2D eigenvalue weighted by Crippen LogP contribution is -2.19. The van der Waals surface area contributed by atoms with Gasteiger partial charge in [-0.3, -0.25) is 19.2 Å². The number of Topliss-reactive ketones (excluding diaryl/α,β-unsaturated/α-hetero) is 2. The van der Waals surface area contributed by atoms with Crippen LogP contribution in [0.5, 0.6) is 0 Å². The molecule has 4 aromatic rings. The van der Waals surface area contributed by atoms with Crippen LogP contribution in [-0.4, -0.2) is 26.8 Å². The van der Waals surface area contributed by atoms with Gasteiger partial charge >= 0.3 is 0 Å². The second-order valence-electron chi connectivity index (χ2n) is 13.7. The van der Waals surface area contributed by atoms with E-state index < -0.39 is 0 Å². The van der Waals surface area contributed by atoms with E-state index in [1.165, 1.54) is 24.0 Å². The first-order valence-electron chi connectivity index (χ1n) is 16.9. The first-order chi connectivity index (χ1) is 23.0. The van der Waals surface area contributed by atoms with Crippen LogP contribution in [0.3, 0.4) is 0 Å². The Labute approximate surface area is 286 Å². The third kappa shape index (κ3) is 7.32. The molecule has 1 fully saturated rings. The summed E-state index contributed by atoms with van der Waals surface area (Å²) in [4.78, 5) is 47.5. The molecule has 0 spiro atoms. The van der Waals surface area contributed by atoms with Gasteiger partial charge in [0.25, 0.3) is 11.1 Å². The minimum atomic E-state index is -0.00187. The van der Waals surface area contributed by atoms with Crippen molar-refractivity contribution in [2.75, 3.05) is 0 Å². The van der Waals surface area contributed by atoms with Gasteiger partial charge in [0.2, 0.25) is 0 Å². The van der Waals surface area contributed by atoms with E-state index in [1.807, 2.05) is 37.4 Å². The number of rotatable bonds is 5. The highest BCUT2D eigenvalue weighted by Crippen LogP contribution is 2.33. The smallest absolute Gasteiger partial charge is 0.253 e. The van der Waals surface area contributed by atoms with Crippen LogP contribution < -0.4 is 11.1 Å². The summed E-state index contributed by atoms with van der Waals surface area (Å²) in [7, 11) is 3.52. The molecule has 7 nitrogen and oxygen atoms in total. The van der Waals surface area contributed by atoms with Crippen molar-refractivity contribution in [3.05, 3.63) is 113 Å². The van der Waals surface area contributed by atoms with Gasteiger partial charge in [-0.2, -0.15) is 0 Å². The van der Waals surface area contributed by atoms with Crippen LogP contribution >= 0.6 is 11.6 Å². The molecular weight excluding hydrogens is 624 g/mol. The molecule has 8 heteroatoms. The minimum absolute atomic E-state index is 0.00187. The van der Waals surface area contributed by atoms with Gasteiger partial charge in [0, 0.05) is 68.3 Å². The predicted octanol–water partition coefficient (Wildman–Crippen LogP) is 6.95. The lowest BCUT2D eigenvalue weighted by molar-refractivity contribution is -0.119. The van der Waals surface area contributed by atoms with Gasteiger partial charge in [-0.1, -0.05) is 36.6 Å². The maximum atomic E-state index is 12.0. The molecule has 0 amide bonds. The minimum Gasteiger partial charge on any atom is -0.374 e. The average Bonchev–Trinajstić information content (AvgIpc) is 3.58. The first kappa shape index (κ1) is 33.8. The van der Waals surface area contributed by atoms with Gasteiger partial charge in [0.1, 0.15) is 11.6 Å². The fourth-order valence-corrected chi connectivity index (χ4v) is 7.67. The Morgan fingerprint density at radius 2 is 1.17 bits per heavy atom. The molecule has 0 aliphatic heterocycles. The SMILES string of the molecule is Cc1cc(-c2cc(COC3CCCC3)c3c(c2)CC(=O)CC3)cn(C)c1=O.Cc1cc(-c2cc(Cl)c3c(c2)CC(=O)CC3)cn(C)c1=O. The Kier molecular flexibility index (Phi) is 10.00. The van der Waals surface area contributed by atoms with Crippen molar-refractivity contribution in [1.29, 1.82) is 0 Å². The van der Waals surface area contributed by atoms with Crippen molar-refractivity contribution >= 4 is 23.2 Å². The van der Waals surface area contributed by atoms with E-state index in [1.54, 1.807) is 36.4 Å². The van der Waals surface area contributed by atoms with Crippen LogP contribution in [0.4, 0.5) is 0 Å². The van der Waals surface area contributed by atoms with Crippen LogP contribution in [0, 0.1) is 13.8 Å². The van der Waals surface area contributed by atoms with E-state index in [9.17, 15) is 19.2 Å². The Bertz CT molecular complexity index is 1980. The molecule has 2 heterocycles. The quantitative estimate of drug-likeness (QED) is 0.230. The number of aromatic nitrogens is 2. The molecule has 2 aromatic carbocycles. The van der Waals surface area contributed by atoms with Crippen LogP contribution in [0.25, 0.3) is 22.3 Å². The van der Waals surface area contributed by atoms with Crippen molar-refractivity contribution in [1.82, 2.24) is 9.13 Å². The molecule has 0 bridgehead atoms. The van der Waals surface area contributed by atoms with Crippen molar-refractivity contribution < 1.29 is 14.3 Å². The lowest BCUT2D eigenvalue weighted by Gasteiger charge is -2.22. The number of ether oxygens (including phenoxy) is 1. The van der Waals surface area contributed by atoms with E-state index in [0.29, 0.717) is 54.8 Å². The van der Waals surface area contributed by atoms with Crippen molar-refractivity contribution in [2.45, 2.75) is 90.8 Å². The molecule has 250 valence electrons. The van der Waals surface area contributed by atoms with Crippen LogP contribution in [0.1, 0.15) is 77.5 Å². The zero-order chi connectivity index (χ0) is 34.1. The molecule has 1 saturated carbocycles. The fourth-order valence-electron chi connectivity index (χ4n) is 7.33. The summed E-state index contributed by atoms with van der Waals surface area (Å²) in [5.74, 6) is 0.561. The number of ketones is 2. The molecule has 3 aliphatic carbocycles. The normalized spacial score (nSPS) is 15.9. The van der Waals surface area contributed by atoms with Crippen molar-refractivity contribution in [3.63, 3.8) is 0 Å². The third-order valence-electron chi connectivity index (χ3n) is 9.97. The summed E-state index contributed by atoms with van der Waals surface area (Å²) < 4.78 is 9.40. The van der Waals surface area contributed by atoms with E-state index in [-0.39, 0.29) is 16.9 Å². The number of aryl methyl sites for hydroxylation is 4. The Balaban J connectivity index is 0.000000173. The number of carbonyl (C=O) groups is 2. The summed E-state index contributed by atoms with van der Waals surface area (Å²) in [6.07, 6.45) is 12.6. The molecule has 0 unspecified atom stereocenters. The summed E-state index contributed by atoms with van der Waals surface area (Å²) in [5, 5.41) is 0.710. The highest BCUT2D eigenvalue weighted by molar-refractivity contribution is 6.32. The summed E-state index contributed by atoms with van der Waals surface area (Å²) >= 11 is 6.38. The molecule has 0 N–H and O–H groups in total. The number of carbonyl (C=O) groups excluding carboxylic acids is 2. The number of benzene rings is 2. The molecular formula is C40H43ClN2O5. The highest BCUT2D eigenvalue weighted by atomic mass is 35.5. The molecule has 0 radical (unpaired) electrons. The molecule has 2 aromatic heterocycles. The summed E-state index contributed by atoms with van der Waals surface area (Å²) in [5.41, 5.74) is 11.1. The lowest BCUT2D eigenvalue weighted by atomic mass is 9.85. The third-order valence-corrected chi connectivity index (χ3v) is 10.3. The highest BCUT2D eigenvalue weighted by Gasteiger charge is 2.23. The van der Waals surface area contributed by atoms with Crippen LogP contribution in [0.2, 0.25) is 5.02 Å². The van der Waals surface area contributed by atoms with Gasteiger partial charge in [0.05, 0.1) is 12.7 Å². The summed E-state index contributed by atoms with van der Waals surface area (Å²) in [6.45, 7) is 4.26. The zero-order valence-corrected chi connectivity index (χ0v) is 29.0. The van der Waals surface area contributed by atoms with E-state index >= 15 is 0 Å². The van der Waals surface area contributed by atoms with Gasteiger partial charge in [-0.15, -0.1) is 0 Å². The number of halogens is 1. The largest absolute Gasteiger partial charge is 0.374 e. The van der Waals surface area contributed by atoms with Gasteiger partial charge < -0.3 is 13.9 Å². The standard InChI is InChI=1S/C23H27NO3.C17H16ClNO2/c1-15-9-18(13-24(2)23(15)26)16-10-17-12-20(25)7-8-22(17)19(11-16)14-27-21-5-3-4-6-21;1-10-5-13(9-19(2)17(10)21)11-6-12-7-14(20)3-4-15(12)16(18)8-11/h9-11,13,21H,3-8,12,14H2,1-2H3;5-6,8-9H,3-4,7H2,1-2H3. The maximum absolute atomic E-state index is 12.0. The van der Waals surface area contributed by atoms with E-state index in [4.69, 9.17) is 16.3 Å². The van der Waals surface area contributed by atoms with E-state index in [0.717, 1.165) is 70.2 Å². The second kappa shape index (κ2) is 14.2. The Hall–Kier alpha value is -4.07. The van der Waals surface area contributed by atoms with Crippen molar-refractivity contribution in [2.24, 2.45) is 14.1 Å². The Morgan fingerprint density at radius 3 is 1.71 bits per heavy atom. The van der Waals surface area contributed by atoms with Crippen molar-refractivity contribution in [3.8, 4) is 22.3 Å². The maximum Gasteiger partial charge on any atom is 0.253 e. The number of nitrogens with zero attached hydrogens (tertiary/aromatic N) is 2. The molecule has 48 heavy (non-hydrogen) atoms. The second-order valence-corrected chi connectivity index (χ2v) is 14.1. The molecule has 0 atom stereocenters. The average molecular weight is 667 g/mol. The first-order valence-corrected chi connectivity index (χ1v) is 17.3. The zero-order valence-electron chi connectivity index (χ0n) is 28.3. The van der Waals surface area contributed by atoms with Crippen LogP contribution in [0.15, 0.2) is 58.4 Å². The molecule has 0 saturated heterocycles. The predicted molar refractivity (Wildman–Crippen MR) is 190 cm³/mol. The van der Waals surface area contributed by atoms with Gasteiger partial charge in [-0.05, 0) is 114 Å². The van der Waals surface area contributed by atoms with Gasteiger partial charge in [-0.25, -0.2) is 0 Å². The number of fused-ring (bicyclic) bond motifs is 2. The topological polar surface area (TPSA) is 87.4 Å². The monoisotopic (exact) mass is 666 g/mol. The number of hydrogen-bond acceptors (Lipinski definition) is 5. The molecule has 7 rings (SSSR count). The van der Waals surface area contributed by atoms with Gasteiger partial charge in [0.15, 0.2) is 0 Å².